The van der Waals surface area contributed by atoms with E-state index in [1.807, 2.05) is 23.1 Å². The van der Waals surface area contributed by atoms with Crippen LogP contribution in [0.25, 0.3) is 0 Å². The Balaban J connectivity index is 1.57. The Morgan fingerprint density at radius 2 is 1.92 bits per heavy atom. The molecule has 1 saturated heterocycles. The number of nitrogens with one attached hydrogen (secondary N) is 2. The largest absolute Gasteiger partial charge is 0.362 e. The van der Waals surface area contributed by atoms with E-state index in [9.17, 15) is 4.79 Å². The van der Waals surface area contributed by atoms with Crippen molar-refractivity contribution >= 4 is 28.9 Å². The number of thiocarbonyl (C=S) groups is 1. The van der Waals surface area contributed by atoms with Gasteiger partial charge in [0.25, 0.3) is 5.91 Å². The second-order valence-corrected chi connectivity index (χ2v) is 6.91. The van der Waals surface area contributed by atoms with Crippen LogP contribution in [0.4, 0.5) is 5.69 Å². The van der Waals surface area contributed by atoms with E-state index >= 15 is 0 Å². The Hall–Kier alpha value is -2.41. The summed E-state index contributed by atoms with van der Waals surface area (Å²) in [4.78, 5) is 14.7. The summed E-state index contributed by atoms with van der Waals surface area (Å²) in [6.07, 6.45) is 5.85. The van der Waals surface area contributed by atoms with Crippen molar-refractivity contribution < 1.29 is 4.79 Å². The molecule has 0 bridgehead atoms. The van der Waals surface area contributed by atoms with Gasteiger partial charge in [0.2, 0.25) is 0 Å². The van der Waals surface area contributed by atoms with E-state index in [-0.39, 0.29) is 5.91 Å². The Kier molecular flexibility index (Phi) is 6.22. The molecule has 0 unspecified atom stereocenters. The van der Waals surface area contributed by atoms with Gasteiger partial charge >= 0.3 is 0 Å². The highest BCUT2D eigenvalue weighted by molar-refractivity contribution is 7.80. The first kappa shape index (κ1) is 18.4. The zero-order chi connectivity index (χ0) is 18.4. The van der Waals surface area contributed by atoms with Gasteiger partial charge in [0.05, 0.1) is 11.9 Å². The van der Waals surface area contributed by atoms with E-state index in [2.05, 4.69) is 27.9 Å². The standard InChI is InChI=1S/C19H25N5OS/c1-23-17(18(25)24-12-6-3-7-13-24)16(14-21-23)22-19(26)20-11-10-15-8-4-2-5-9-15/h2,4-5,8-9,14H,3,6-7,10-13H2,1H3,(H2,20,22,26). The highest BCUT2D eigenvalue weighted by Gasteiger charge is 2.24. The van der Waals surface area contributed by atoms with E-state index in [1.54, 1.807) is 17.9 Å². The zero-order valence-corrected chi connectivity index (χ0v) is 15.9. The molecule has 0 saturated carbocycles. The molecular formula is C19H25N5OS. The lowest BCUT2D eigenvalue weighted by Gasteiger charge is -2.27. The molecule has 2 N–H and O–H groups in total. The minimum Gasteiger partial charge on any atom is -0.362 e. The van der Waals surface area contributed by atoms with Crippen molar-refractivity contribution in [1.29, 1.82) is 0 Å². The molecule has 138 valence electrons. The maximum absolute atomic E-state index is 12.8. The van der Waals surface area contributed by atoms with Gasteiger partial charge in [-0.1, -0.05) is 30.3 Å². The third-order valence-electron chi connectivity index (χ3n) is 4.57. The van der Waals surface area contributed by atoms with Crippen molar-refractivity contribution in [3.63, 3.8) is 0 Å². The fourth-order valence-electron chi connectivity index (χ4n) is 3.16. The van der Waals surface area contributed by atoms with Gasteiger partial charge < -0.3 is 15.5 Å². The normalized spacial score (nSPS) is 14.1. The summed E-state index contributed by atoms with van der Waals surface area (Å²) in [5.41, 5.74) is 2.46. The summed E-state index contributed by atoms with van der Waals surface area (Å²) in [6, 6.07) is 10.2. The van der Waals surface area contributed by atoms with Crippen LogP contribution in [0.1, 0.15) is 35.3 Å². The Labute approximate surface area is 159 Å². The number of anilines is 1. The first-order valence-electron chi connectivity index (χ1n) is 9.05. The Bertz CT molecular complexity index is 753. The molecule has 3 rings (SSSR count). The third-order valence-corrected chi connectivity index (χ3v) is 4.82. The average molecular weight is 372 g/mol. The van der Waals surface area contributed by atoms with Gasteiger partial charge in [0, 0.05) is 26.7 Å². The fraction of sp³-hybridized carbons (Fsp3) is 0.421. The number of benzene rings is 1. The fourth-order valence-corrected chi connectivity index (χ4v) is 3.37. The molecule has 7 heteroatoms. The molecule has 2 heterocycles. The molecule has 0 spiro atoms. The van der Waals surface area contributed by atoms with Gasteiger partial charge in [-0.25, -0.2) is 0 Å². The summed E-state index contributed by atoms with van der Waals surface area (Å²) in [5, 5.41) is 11.1. The number of aryl methyl sites for hydroxylation is 1. The van der Waals surface area contributed by atoms with Crippen LogP contribution in [0.15, 0.2) is 36.5 Å². The van der Waals surface area contributed by atoms with Crippen LogP contribution in [0, 0.1) is 0 Å². The quantitative estimate of drug-likeness (QED) is 0.791. The SMILES string of the molecule is Cn1ncc(NC(=S)NCCc2ccccc2)c1C(=O)N1CCCCC1. The van der Waals surface area contributed by atoms with Crippen LogP contribution in [-0.4, -0.2) is 45.3 Å². The van der Waals surface area contributed by atoms with Crippen LogP contribution in [0.5, 0.6) is 0 Å². The number of likely N-dealkylation sites (tertiary alicyclic amines) is 1. The van der Waals surface area contributed by atoms with E-state index in [4.69, 9.17) is 12.2 Å². The number of hydrogen-bond donors (Lipinski definition) is 2. The second kappa shape index (κ2) is 8.80. The van der Waals surface area contributed by atoms with Crippen LogP contribution < -0.4 is 10.6 Å². The third kappa shape index (κ3) is 4.60. The van der Waals surface area contributed by atoms with Crippen LogP contribution >= 0.6 is 12.2 Å². The van der Waals surface area contributed by atoms with Crippen molar-refractivity contribution in [3.8, 4) is 0 Å². The summed E-state index contributed by atoms with van der Waals surface area (Å²) in [6.45, 7) is 2.35. The van der Waals surface area contributed by atoms with Crippen LogP contribution in [-0.2, 0) is 13.5 Å². The molecule has 6 nitrogen and oxygen atoms in total. The van der Waals surface area contributed by atoms with Crippen molar-refractivity contribution in [2.75, 3.05) is 25.0 Å². The van der Waals surface area contributed by atoms with Gasteiger partial charge in [0.1, 0.15) is 5.69 Å². The average Bonchev–Trinajstić information content (AvgIpc) is 3.03. The molecule has 1 aliphatic rings. The molecule has 1 aromatic heterocycles. The number of carbonyl (C=O) groups excluding carboxylic acids is 1. The van der Waals surface area contributed by atoms with Gasteiger partial charge in [-0.2, -0.15) is 5.10 Å². The van der Waals surface area contributed by atoms with Gasteiger partial charge in [-0.15, -0.1) is 0 Å². The van der Waals surface area contributed by atoms with Crippen molar-refractivity contribution in [2.24, 2.45) is 7.05 Å². The number of hydrogen-bond acceptors (Lipinski definition) is 3. The lowest BCUT2D eigenvalue weighted by molar-refractivity contribution is 0.0714. The van der Waals surface area contributed by atoms with Gasteiger partial charge in [-0.05, 0) is 43.5 Å². The molecule has 1 fully saturated rings. The minimum atomic E-state index is 0.0132. The first-order chi connectivity index (χ1) is 12.6. The smallest absolute Gasteiger partial charge is 0.274 e. The highest BCUT2D eigenvalue weighted by Crippen LogP contribution is 2.19. The number of nitrogens with zero attached hydrogens (tertiary/aromatic N) is 3. The van der Waals surface area contributed by atoms with Crippen molar-refractivity contribution in [2.45, 2.75) is 25.7 Å². The van der Waals surface area contributed by atoms with E-state index in [0.29, 0.717) is 16.5 Å². The molecule has 1 aliphatic heterocycles. The van der Waals surface area contributed by atoms with Crippen LogP contribution in [0.3, 0.4) is 0 Å². The molecule has 1 amide bonds. The minimum absolute atomic E-state index is 0.0132. The highest BCUT2D eigenvalue weighted by atomic mass is 32.1. The molecule has 0 atom stereocenters. The molecule has 2 aromatic rings. The predicted octanol–water partition coefficient (Wildman–Crippen LogP) is 2.58. The first-order valence-corrected chi connectivity index (χ1v) is 9.46. The van der Waals surface area contributed by atoms with Gasteiger partial charge in [-0.3, -0.25) is 9.48 Å². The van der Waals surface area contributed by atoms with Gasteiger partial charge in [0.15, 0.2) is 5.11 Å². The molecule has 0 radical (unpaired) electrons. The topological polar surface area (TPSA) is 62.2 Å². The number of aromatic nitrogens is 2. The van der Waals surface area contributed by atoms with Crippen molar-refractivity contribution in [3.05, 3.63) is 47.8 Å². The van der Waals surface area contributed by atoms with Crippen LogP contribution in [0.2, 0.25) is 0 Å². The molecule has 1 aromatic carbocycles. The Morgan fingerprint density at radius 3 is 2.65 bits per heavy atom. The maximum atomic E-state index is 12.8. The summed E-state index contributed by atoms with van der Waals surface area (Å²) < 4.78 is 1.62. The molecule has 26 heavy (non-hydrogen) atoms. The van der Waals surface area contributed by atoms with E-state index in [0.717, 1.165) is 38.9 Å². The van der Waals surface area contributed by atoms with E-state index < -0.39 is 0 Å². The maximum Gasteiger partial charge on any atom is 0.274 e. The summed E-state index contributed by atoms with van der Waals surface area (Å²) in [7, 11) is 1.79. The lowest BCUT2D eigenvalue weighted by atomic mass is 10.1. The second-order valence-electron chi connectivity index (χ2n) is 6.50. The lowest BCUT2D eigenvalue weighted by Crippen LogP contribution is -2.37. The van der Waals surface area contributed by atoms with Crippen molar-refractivity contribution in [1.82, 2.24) is 20.0 Å². The number of rotatable bonds is 5. The molecular weight excluding hydrogens is 346 g/mol. The monoisotopic (exact) mass is 371 g/mol. The number of carbonyl (C=O) groups is 1. The predicted molar refractivity (Wildman–Crippen MR) is 107 cm³/mol. The summed E-state index contributed by atoms with van der Waals surface area (Å²) in [5.74, 6) is 0.0132. The number of amides is 1. The number of piperidine rings is 1. The summed E-state index contributed by atoms with van der Waals surface area (Å²) >= 11 is 5.38. The Morgan fingerprint density at radius 1 is 1.19 bits per heavy atom. The molecule has 0 aliphatic carbocycles. The zero-order valence-electron chi connectivity index (χ0n) is 15.1. The van der Waals surface area contributed by atoms with E-state index in [1.165, 1.54) is 12.0 Å².